The van der Waals surface area contributed by atoms with Gasteiger partial charge in [0.15, 0.2) is 0 Å². The van der Waals surface area contributed by atoms with Gasteiger partial charge in [0.1, 0.15) is 0 Å². The first kappa shape index (κ1) is 12.9. The molecule has 2 rings (SSSR count). The zero-order chi connectivity index (χ0) is 12.7. The fourth-order valence-electron chi connectivity index (χ4n) is 1.72. The Balaban J connectivity index is 2.08. The van der Waals surface area contributed by atoms with Gasteiger partial charge in [0.25, 0.3) is 0 Å². The second-order valence-corrected chi connectivity index (χ2v) is 6.54. The number of rotatable bonds is 2. The van der Waals surface area contributed by atoms with E-state index in [4.69, 9.17) is 9.31 Å². The summed E-state index contributed by atoms with van der Waals surface area (Å²) in [6.45, 7) is 10.4. The summed E-state index contributed by atoms with van der Waals surface area (Å²) in [6.07, 6.45) is 2.08. The average molecular weight is 250 g/mol. The Hall–Kier alpha value is -0.575. The molecule has 1 aliphatic heterocycles. The van der Waals surface area contributed by atoms with Crippen molar-refractivity contribution in [3.63, 3.8) is 0 Å². The van der Waals surface area contributed by atoms with Gasteiger partial charge in [-0.15, -0.1) is 11.3 Å². The molecule has 2 nitrogen and oxygen atoms in total. The highest BCUT2D eigenvalue weighted by Crippen LogP contribution is 2.37. The summed E-state index contributed by atoms with van der Waals surface area (Å²) in [7, 11) is -0.251. The molecule has 17 heavy (non-hydrogen) atoms. The highest BCUT2D eigenvalue weighted by Gasteiger charge is 2.49. The van der Waals surface area contributed by atoms with E-state index in [2.05, 4.69) is 52.1 Å². The van der Waals surface area contributed by atoms with Crippen molar-refractivity contribution in [3.05, 3.63) is 27.9 Å². The lowest BCUT2D eigenvalue weighted by molar-refractivity contribution is 0.00578. The Morgan fingerprint density at radius 1 is 1.18 bits per heavy atom. The van der Waals surface area contributed by atoms with Crippen LogP contribution < -0.4 is 0 Å². The molecule has 1 aromatic rings. The summed E-state index contributed by atoms with van der Waals surface area (Å²) in [5.41, 5.74) is 0.724. The Labute approximate surface area is 108 Å². The van der Waals surface area contributed by atoms with E-state index in [0.717, 1.165) is 0 Å². The Morgan fingerprint density at radius 3 is 2.24 bits per heavy atom. The second kappa shape index (κ2) is 4.27. The first-order valence-corrected chi connectivity index (χ1v) is 6.78. The van der Waals surface area contributed by atoms with Gasteiger partial charge in [0.05, 0.1) is 11.2 Å². The van der Waals surface area contributed by atoms with Crippen LogP contribution in [0, 0.1) is 6.92 Å². The van der Waals surface area contributed by atoms with Crippen LogP contribution >= 0.6 is 11.3 Å². The maximum Gasteiger partial charge on any atom is 0.487 e. The van der Waals surface area contributed by atoms with Gasteiger partial charge >= 0.3 is 7.12 Å². The fourth-order valence-corrected chi connectivity index (χ4v) is 2.41. The van der Waals surface area contributed by atoms with Crippen molar-refractivity contribution < 1.29 is 9.31 Å². The lowest BCUT2D eigenvalue weighted by Gasteiger charge is -2.32. The van der Waals surface area contributed by atoms with Crippen molar-refractivity contribution >= 4 is 24.5 Å². The molecule has 0 saturated carbocycles. The van der Waals surface area contributed by atoms with Gasteiger partial charge in [0.2, 0.25) is 0 Å². The zero-order valence-corrected chi connectivity index (χ0v) is 11.9. The lowest BCUT2D eigenvalue weighted by atomic mass is 9.89. The zero-order valence-electron chi connectivity index (χ0n) is 11.1. The van der Waals surface area contributed by atoms with Gasteiger partial charge in [-0.1, -0.05) is 12.1 Å². The molecule has 0 spiro atoms. The Morgan fingerprint density at radius 2 is 1.76 bits per heavy atom. The molecule has 0 bridgehead atoms. The van der Waals surface area contributed by atoms with Crippen molar-refractivity contribution in [1.29, 1.82) is 0 Å². The van der Waals surface area contributed by atoms with Gasteiger partial charge in [-0.3, -0.25) is 0 Å². The van der Waals surface area contributed by atoms with Crippen molar-refractivity contribution in [1.82, 2.24) is 0 Å². The highest BCUT2D eigenvalue weighted by atomic mass is 32.1. The molecule has 92 valence electrons. The summed E-state index contributed by atoms with van der Waals surface area (Å²) < 4.78 is 11.8. The van der Waals surface area contributed by atoms with Gasteiger partial charge in [-0.25, -0.2) is 0 Å². The van der Waals surface area contributed by atoms with Crippen LogP contribution in [-0.4, -0.2) is 18.3 Å². The number of hydrogen-bond acceptors (Lipinski definition) is 3. The second-order valence-electron chi connectivity index (χ2n) is 5.42. The third kappa shape index (κ3) is 2.49. The van der Waals surface area contributed by atoms with E-state index in [-0.39, 0.29) is 18.3 Å². The van der Waals surface area contributed by atoms with E-state index in [1.807, 2.05) is 5.98 Å². The van der Waals surface area contributed by atoms with Crippen LogP contribution in [0.25, 0.3) is 6.08 Å². The van der Waals surface area contributed by atoms with E-state index >= 15 is 0 Å². The molecule has 1 saturated heterocycles. The quantitative estimate of drug-likeness (QED) is 0.745. The van der Waals surface area contributed by atoms with Gasteiger partial charge in [-0.05, 0) is 51.6 Å². The molecular formula is C13H19BO2S. The molecule has 0 unspecified atom stereocenters. The minimum Gasteiger partial charge on any atom is -0.400 e. The molecule has 2 heterocycles. The van der Waals surface area contributed by atoms with Crippen LogP contribution in [0.4, 0.5) is 0 Å². The molecule has 0 aromatic carbocycles. The third-order valence-electron chi connectivity index (χ3n) is 3.60. The third-order valence-corrected chi connectivity index (χ3v) is 4.46. The van der Waals surface area contributed by atoms with E-state index < -0.39 is 0 Å². The van der Waals surface area contributed by atoms with E-state index in [1.165, 1.54) is 10.4 Å². The maximum absolute atomic E-state index is 5.90. The maximum atomic E-state index is 5.90. The fraction of sp³-hybridized carbons (Fsp3) is 0.538. The van der Waals surface area contributed by atoms with Crippen LogP contribution in [0.3, 0.4) is 0 Å². The van der Waals surface area contributed by atoms with Crippen molar-refractivity contribution in [2.45, 2.75) is 45.8 Å². The van der Waals surface area contributed by atoms with Crippen molar-refractivity contribution in [2.75, 3.05) is 0 Å². The van der Waals surface area contributed by atoms with Gasteiger partial charge in [0, 0.05) is 4.88 Å². The van der Waals surface area contributed by atoms with Gasteiger partial charge < -0.3 is 9.31 Å². The number of thiophene rings is 1. The molecular weight excluding hydrogens is 231 g/mol. The molecule has 1 fully saturated rings. The largest absolute Gasteiger partial charge is 0.487 e. The molecule has 0 N–H and O–H groups in total. The number of aryl methyl sites for hydroxylation is 1. The average Bonchev–Trinajstić information content (AvgIpc) is 2.66. The Kier molecular flexibility index (Phi) is 3.23. The standard InChI is InChI=1S/C13H19BO2S/c1-10-11(7-9-17-10)6-8-14-15-12(2,3)13(4,5)16-14/h6-9H,1-5H3/b8-6+. The molecule has 4 heteroatoms. The molecule has 0 amide bonds. The molecule has 0 atom stereocenters. The SMILES string of the molecule is Cc1sccc1/C=C/B1OC(C)(C)C(C)(C)O1. The highest BCUT2D eigenvalue weighted by molar-refractivity contribution is 7.10. The van der Waals surface area contributed by atoms with E-state index in [1.54, 1.807) is 11.3 Å². The van der Waals surface area contributed by atoms with E-state index in [9.17, 15) is 0 Å². The normalized spacial score (nSPS) is 22.5. The van der Waals surface area contributed by atoms with E-state index in [0.29, 0.717) is 0 Å². The molecule has 0 radical (unpaired) electrons. The van der Waals surface area contributed by atoms with Crippen molar-refractivity contribution in [3.8, 4) is 0 Å². The summed E-state index contributed by atoms with van der Waals surface area (Å²) in [4.78, 5) is 1.32. The summed E-state index contributed by atoms with van der Waals surface area (Å²) in [5, 5.41) is 2.10. The van der Waals surface area contributed by atoms with Gasteiger partial charge in [-0.2, -0.15) is 0 Å². The predicted molar refractivity (Wildman–Crippen MR) is 74.2 cm³/mol. The summed E-state index contributed by atoms with van der Waals surface area (Å²) >= 11 is 1.75. The van der Waals surface area contributed by atoms with Crippen LogP contribution in [0.2, 0.25) is 0 Å². The van der Waals surface area contributed by atoms with Crippen LogP contribution in [0.1, 0.15) is 38.1 Å². The molecule has 1 aliphatic rings. The Bertz CT molecular complexity index is 418. The van der Waals surface area contributed by atoms with Crippen LogP contribution in [0.15, 0.2) is 17.4 Å². The van der Waals surface area contributed by atoms with Crippen molar-refractivity contribution in [2.24, 2.45) is 0 Å². The van der Waals surface area contributed by atoms with Crippen LogP contribution in [0.5, 0.6) is 0 Å². The first-order valence-electron chi connectivity index (χ1n) is 5.90. The topological polar surface area (TPSA) is 18.5 Å². The minimum absolute atomic E-state index is 0.251. The monoisotopic (exact) mass is 250 g/mol. The molecule has 0 aliphatic carbocycles. The first-order chi connectivity index (χ1) is 7.82. The summed E-state index contributed by atoms with van der Waals surface area (Å²) in [5.74, 6) is 1.99. The van der Waals surface area contributed by atoms with Crippen LogP contribution in [-0.2, 0) is 9.31 Å². The smallest absolute Gasteiger partial charge is 0.400 e. The predicted octanol–water partition coefficient (Wildman–Crippen LogP) is 3.70. The number of hydrogen-bond donors (Lipinski definition) is 0. The molecule has 1 aromatic heterocycles. The lowest BCUT2D eigenvalue weighted by Crippen LogP contribution is -2.41. The summed E-state index contributed by atoms with van der Waals surface area (Å²) in [6, 6.07) is 2.11. The minimum atomic E-state index is -0.258.